The first kappa shape index (κ1) is 12.1. The quantitative estimate of drug-likeness (QED) is 0.841. The predicted octanol–water partition coefficient (Wildman–Crippen LogP) is 0.785. The molecule has 5 heteroatoms. The van der Waals surface area contributed by atoms with Gasteiger partial charge in [0.15, 0.2) is 5.82 Å². The van der Waals surface area contributed by atoms with E-state index in [4.69, 9.17) is 0 Å². The molecule has 2 rings (SSSR count). The molecule has 1 aromatic rings. The van der Waals surface area contributed by atoms with Crippen LogP contribution in [0.25, 0.3) is 0 Å². The van der Waals surface area contributed by atoms with Crippen molar-refractivity contribution in [1.82, 2.24) is 9.55 Å². The van der Waals surface area contributed by atoms with Crippen molar-refractivity contribution in [2.45, 2.75) is 38.3 Å². The van der Waals surface area contributed by atoms with Gasteiger partial charge in [0.2, 0.25) is 0 Å². The van der Waals surface area contributed by atoms with Crippen molar-refractivity contribution in [3.63, 3.8) is 0 Å². The van der Waals surface area contributed by atoms with Crippen LogP contribution in [0.3, 0.4) is 0 Å². The molecular weight excluding hydrogens is 218 g/mol. The zero-order valence-electron chi connectivity index (χ0n) is 10.6. The van der Waals surface area contributed by atoms with Crippen molar-refractivity contribution in [3.05, 3.63) is 22.7 Å². The van der Waals surface area contributed by atoms with Crippen molar-refractivity contribution < 1.29 is 5.11 Å². The highest BCUT2D eigenvalue weighted by molar-refractivity contribution is 5.35. The molecule has 0 bridgehead atoms. The third-order valence-electron chi connectivity index (χ3n) is 2.78. The molecule has 0 saturated heterocycles. The van der Waals surface area contributed by atoms with Crippen LogP contribution >= 0.6 is 0 Å². The van der Waals surface area contributed by atoms with Crippen LogP contribution in [0.1, 0.15) is 32.7 Å². The SMILES string of the molecule is CN(CC(C)(C)O)c1nccn(C2CC2)c1=O. The van der Waals surface area contributed by atoms with Gasteiger partial charge in [0.25, 0.3) is 5.56 Å². The van der Waals surface area contributed by atoms with E-state index in [9.17, 15) is 9.90 Å². The van der Waals surface area contributed by atoms with E-state index in [1.807, 2.05) is 0 Å². The van der Waals surface area contributed by atoms with Gasteiger partial charge in [0.1, 0.15) is 0 Å². The van der Waals surface area contributed by atoms with Gasteiger partial charge in [-0.1, -0.05) is 0 Å². The molecule has 1 fully saturated rings. The van der Waals surface area contributed by atoms with Gasteiger partial charge in [-0.15, -0.1) is 0 Å². The maximum absolute atomic E-state index is 12.2. The lowest BCUT2D eigenvalue weighted by molar-refractivity contribution is 0.0884. The number of anilines is 1. The first-order valence-corrected chi connectivity index (χ1v) is 5.89. The largest absolute Gasteiger partial charge is 0.389 e. The Morgan fingerprint density at radius 1 is 1.59 bits per heavy atom. The van der Waals surface area contributed by atoms with Crippen molar-refractivity contribution in [2.24, 2.45) is 0 Å². The molecule has 17 heavy (non-hydrogen) atoms. The summed E-state index contributed by atoms with van der Waals surface area (Å²) < 4.78 is 1.74. The van der Waals surface area contributed by atoms with Gasteiger partial charge in [0.05, 0.1) is 5.60 Å². The van der Waals surface area contributed by atoms with Crippen LogP contribution in [0.5, 0.6) is 0 Å². The van der Waals surface area contributed by atoms with Crippen LogP contribution in [0.15, 0.2) is 17.2 Å². The molecule has 1 saturated carbocycles. The number of rotatable bonds is 4. The van der Waals surface area contributed by atoms with Gasteiger partial charge in [0, 0.05) is 32.0 Å². The number of nitrogens with zero attached hydrogens (tertiary/aromatic N) is 3. The fourth-order valence-corrected chi connectivity index (χ4v) is 1.97. The Hall–Kier alpha value is -1.36. The molecule has 0 amide bonds. The Labute approximate surface area is 101 Å². The third kappa shape index (κ3) is 2.85. The van der Waals surface area contributed by atoms with Gasteiger partial charge in [-0.2, -0.15) is 0 Å². The number of aliphatic hydroxyl groups is 1. The van der Waals surface area contributed by atoms with Crippen LogP contribution in [0.4, 0.5) is 5.82 Å². The van der Waals surface area contributed by atoms with Crippen LogP contribution in [0.2, 0.25) is 0 Å². The lowest BCUT2D eigenvalue weighted by atomic mass is 10.1. The minimum Gasteiger partial charge on any atom is -0.389 e. The minimum atomic E-state index is -0.844. The topological polar surface area (TPSA) is 58.4 Å². The second-order valence-corrected chi connectivity index (χ2v) is 5.36. The van der Waals surface area contributed by atoms with Crippen molar-refractivity contribution in [1.29, 1.82) is 0 Å². The summed E-state index contributed by atoms with van der Waals surface area (Å²) in [4.78, 5) is 18.0. The van der Waals surface area contributed by atoms with Gasteiger partial charge in [-0.3, -0.25) is 4.79 Å². The zero-order valence-corrected chi connectivity index (χ0v) is 10.6. The Bertz CT molecular complexity index is 458. The number of hydrogen-bond acceptors (Lipinski definition) is 4. The van der Waals surface area contributed by atoms with E-state index < -0.39 is 5.60 Å². The van der Waals surface area contributed by atoms with Crippen molar-refractivity contribution in [3.8, 4) is 0 Å². The van der Waals surface area contributed by atoms with E-state index in [-0.39, 0.29) is 5.56 Å². The summed E-state index contributed by atoms with van der Waals surface area (Å²) in [6.45, 7) is 3.81. The summed E-state index contributed by atoms with van der Waals surface area (Å²) >= 11 is 0. The molecule has 0 spiro atoms. The monoisotopic (exact) mass is 237 g/mol. The Morgan fingerprint density at radius 2 is 2.24 bits per heavy atom. The summed E-state index contributed by atoms with van der Waals surface area (Å²) in [5.41, 5.74) is -0.912. The van der Waals surface area contributed by atoms with E-state index in [0.29, 0.717) is 18.4 Å². The van der Waals surface area contributed by atoms with Crippen LogP contribution in [-0.4, -0.2) is 33.9 Å². The molecule has 0 atom stereocenters. The Morgan fingerprint density at radius 3 is 2.76 bits per heavy atom. The van der Waals surface area contributed by atoms with E-state index in [1.165, 1.54) is 0 Å². The highest BCUT2D eigenvalue weighted by Crippen LogP contribution is 2.33. The lowest BCUT2D eigenvalue weighted by Gasteiger charge is -2.26. The van der Waals surface area contributed by atoms with Gasteiger partial charge in [-0.05, 0) is 26.7 Å². The number of aromatic nitrogens is 2. The molecule has 1 N–H and O–H groups in total. The predicted molar refractivity (Wildman–Crippen MR) is 66.3 cm³/mol. The molecule has 0 aliphatic heterocycles. The summed E-state index contributed by atoms with van der Waals surface area (Å²) in [7, 11) is 1.78. The van der Waals surface area contributed by atoms with Crippen LogP contribution in [0, 0.1) is 0 Å². The van der Waals surface area contributed by atoms with Crippen LogP contribution < -0.4 is 10.5 Å². The first-order chi connectivity index (χ1) is 7.88. The summed E-state index contributed by atoms with van der Waals surface area (Å²) in [6, 6.07) is 0.347. The molecule has 1 aliphatic rings. The number of likely N-dealkylation sites (N-methyl/N-ethyl adjacent to an activating group) is 1. The van der Waals surface area contributed by atoms with E-state index in [0.717, 1.165) is 12.8 Å². The van der Waals surface area contributed by atoms with E-state index in [1.54, 1.807) is 42.8 Å². The maximum atomic E-state index is 12.2. The Kier molecular flexibility index (Phi) is 2.95. The highest BCUT2D eigenvalue weighted by atomic mass is 16.3. The average molecular weight is 237 g/mol. The molecule has 1 aliphatic carbocycles. The van der Waals surface area contributed by atoms with Crippen LogP contribution in [-0.2, 0) is 0 Å². The van der Waals surface area contributed by atoms with E-state index in [2.05, 4.69) is 4.98 Å². The fourth-order valence-electron chi connectivity index (χ4n) is 1.97. The number of hydrogen-bond donors (Lipinski definition) is 1. The normalized spacial score (nSPS) is 16.0. The second-order valence-electron chi connectivity index (χ2n) is 5.36. The van der Waals surface area contributed by atoms with Crippen molar-refractivity contribution in [2.75, 3.05) is 18.5 Å². The van der Waals surface area contributed by atoms with Gasteiger partial charge in [-0.25, -0.2) is 4.98 Å². The summed E-state index contributed by atoms with van der Waals surface area (Å²) in [5.74, 6) is 0.404. The fraction of sp³-hybridized carbons (Fsp3) is 0.667. The molecule has 1 heterocycles. The molecule has 0 unspecified atom stereocenters. The lowest BCUT2D eigenvalue weighted by Crippen LogP contribution is -2.40. The molecule has 1 aromatic heterocycles. The average Bonchev–Trinajstić information content (AvgIpc) is 2.98. The smallest absolute Gasteiger partial charge is 0.293 e. The molecule has 0 radical (unpaired) electrons. The van der Waals surface area contributed by atoms with Gasteiger partial charge >= 0.3 is 0 Å². The summed E-state index contributed by atoms with van der Waals surface area (Å²) in [6.07, 6.45) is 5.52. The molecule has 94 valence electrons. The zero-order chi connectivity index (χ0) is 12.6. The van der Waals surface area contributed by atoms with E-state index >= 15 is 0 Å². The first-order valence-electron chi connectivity index (χ1n) is 5.89. The second kappa shape index (κ2) is 4.14. The summed E-state index contributed by atoms with van der Waals surface area (Å²) in [5, 5.41) is 9.75. The minimum absolute atomic E-state index is 0.0678. The Balaban J connectivity index is 2.26. The van der Waals surface area contributed by atoms with Crippen molar-refractivity contribution >= 4 is 5.82 Å². The molecule has 0 aromatic carbocycles. The molecule has 5 nitrogen and oxygen atoms in total. The standard InChI is InChI=1S/C12H19N3O2/c1-12(2,17)8-14(3)10-11(16)15(7-6-13-10)9-4-5-9/h6-7,9,17H,4-5,8H2,1-3H3. The maximum Gasteiger partial charge on any atom is 0.293 e. The molecular formula is C12H19N3O2. The third-order valence-corrected chi connectivity index (χ3v) is 2.78. The van der Waals surface area contributed by atoms with Gasteiger partial charge < -0.3 is 14.6 Å². The highest BCUT2D eigenvalue weighted by Gasteiger charge is 2.26.